The number of thioether (sulfide) groups is 1. The Bertz CT molecular complexity index is 1090. The molecule has 1 aromatic heterocycles. The fourth-order valence-corrected chi connectivity index (χ4v) is 7.43. The number of amides is 2. The molecule has 1 saturated heterocycles. The number of benzene rings is 1. The molecule has 1 fully saturated rings. The van der Waals surface area contributed by atoms with Gasteiger partial charge < -0.3 is 31.1 Å². The van der Waals surface area contributed by atoms with Gasteiger partial charge in [0, 0.05) is 41.5 Å². The van der Waals surface area contributed by atoms with Crippen molar-refractivity contribution in [2.45, 2.75) is 48.8 Å². The van der Waals surface area contributed by atoms with Crippen LogP contribution >= 0.6 is 33.3 Å². The molecular weight excluding hydrogens is 526 g/mol. The summed E-state index contributed by atoms with van der Waals surface area (Å²) in [4.78, 5) is 35.9. The Morgan fingerprint density at radius 3 is 2.64 bits per heavy atom. The molecule has 13 heteroatoms. The van der Waals surface area contributed by atoms with Gasteiger partial charge in [-0.3, -0.25) is 14.2 Å². The summed E-state index contributed by atoms with van der Waals surface area (Å²) in [7, 11) is 3.87. The van der Waals surface area contributed by atoms with Crippen LogP contribution in [0.5, 0.6) is 17.5 Å². The fourth-order valence-electron chi connectivity index (χ4n) is 3.55. The Hall–Kier alpha value is -2.64. The average molecular weight is 556 g/mol. The number of aromatic nitrogens is 1. The van der Waals surface area contributed by atoms with Crippen LogP contribution in [0.2, 0.25) is 0 Å². The smallest absolute Gasteiger partial charge is 0.339 e. The van der Waals surface area contributed by atoms with Crippen molar-refractivity contribution in [2.75, 3.05) is 23.4 Å². The zero-order chi connectivity index (χ0) is 26.1. The van der Waals surface area contributed by atoms with E-state index in [0.29, 0.717) is 23.6 Å². The highest BCUT2D eigenvalue weighted by Gasteiger charge is 2.18. The van der Waals surface area contributed by atoms with Crippen molar-refractivity contribution < 1.29 is 34.8 Å². The molecule has 2 aromatic rings. The van der Waals surface area contributed by atoms with Gasteiger partial charge in [0.2, 0.25) is 17.7 Å². The number of phenols is 1. The van der Waals surface area contributed by atoms with E-state index in [1.165, 1.54) is 36.1 Å². The molecule has 0 saturated carbocycles. The third-order valence-electron chi connectivity index (χ3n) is 5.41. The summed E-state index contributed by atoms with van der Waals surface area (Å²) in [5, 5.41) is 45.2. The maximum Gasteiger partial charge on any atom is 0.339 e. The molecule has 1 unspecified atom stereocenters. The summed E-state index contributed by atoms with van der Waals surface area (Å²) in [6, 6.07) is 4.91. The molecule has 1 aliphatic heterocycles. The number of aromatic carboxylic acids is 1. The second kappa shape index (κ2) is 13.6. The molecule has 2 heterocycles. The van der Waals surface area contributed by atoms with Crippen molar-refractivity contribution in [1.29, 1.82) is 0 Å². The Kier molecular flexibility index (Phi) is 10.6. The Labute approximate surface area is 220 Å². The van der Waals surface area contributed by atoms with Crippen LogP contribution in [0, 0.1) is 0 Å². The third-order valence-corrected chi connectivity index (χ3v) is 9.44. The van der Waals surface area contributed by atoms with Gasteiger partial charge >= 0.3 is 5.97 Å². The van der Waals surface area contributed by atoms with Gasteiger partial charge in [0.05, 0.1) is 4.90 Å². The molecule has 1 aromatic carbocycles. The zero-order valence-electron chi connectivity index (χ0n) is 19.4. The predicted molar refractivity (Wildman–Crippen MR) is 142 cm³/mol. The Balaban J connectivity index is 1.40. The van der Waals surface area contributed by atoms with Gasteiger partial charge in [0.1, 0.15) is 17.9 Å². The summed E-state index contributed by atoms with van der Waals surface area (Å²) in [6.07, 6.45) is 4.79. The lowest BCUT2D eigenvalue weighted by Gasteiger charge is -2.10. The quantitative estimate of drug-likeness (QED) is 0.0926. The first-order chi connectivity index (χ1) is 17.2. The number of nitrogens with zero attached hydrogens (tertiary/aromatic N) is 1. The van der Waals surface area contributed by atoms with Crippen LogP contribution < -0.4 is 10.6 Å². The predicted octanol–water partition coefficient (Wildman–Crippen LogP) is 3.86. The van der Waals surface area contributed by atoms with E-state index >= 15 is 0 Å². The lowest BCUT2D eigenvalue weighted by molar-refractivity contribution is -0.121. The first-order valence-electron chi connectivity index (χ1n) is 11.4. The van der Waals surface area contributed by atoms with Crippen molar-refractivity contribution in [3.8, 4) is 17.5 Å². The molecule has 6 N–H and O–H groups in total. The highest BCUT2D eigenvalue weighted by Crippen LogP contribution is 2.40. The van der Waals surface area contributed by atoms with E-state index in [9.17, 15) is 29.7 Å². The monoisotopic (exact) mass is 555 g/mol. The highest BCUT2D eigenvalue weighted by molar-refractivity contribution is 8.77. The number of carbonyl (C=O) groups excluding carboxylic acids is 2. The molecule has 1 atom stereocenters. The molecule has 0 aliphatic carbocycles. The van der Waals surface area contributed by atoms with E-state index < -0.39 is 24.2 Å². The lowest BCUT2D eigenvalue weighted by atomic mass is 10.1. The second-order valence-electron chi connectivity index (χ2n) is 8.13. The summed E-state index contributed by atoms with van der Waals surface area (Å²) < 4.78 is 1.01. The molecule has 196 valence electrons. The minimum Gasteiger partial charge on any atom is -0.507 e. The largest absolute Gasteiger partial charge is 0.507 e. The van der Waals surface area contributed by atoms with Crippen LogP contribution in [0.1, 0.15) is 42.5 Å². The van der Waals surface area contributed by atoms with E-state index in [0.717, 1.165) is 41.2 Å². The topological polar surface area (TPSA) is 161 Å². The molecule has 2 amide bonds. The molecule has 10 nitrogen and oxygen atoms in total. The normalized spacial score (nSPS) is 15.1. The first kappa shape index (κ1) is 27.9. The van der Waals surface area contributed by atoms with Gasteiger partial charge in [-0.15, -0.1) is 11.8 Å². The van der Waals surface area contributed by atoms with Gasteiger partial charge in [-0.1, -0.05) is 28.0 Å². The summed E-state index contributed by atoms with van der Waals surface area (Å²) in [5.74, 6) is -1.33. The second-order valence-corrected chi connectivity index (χ2v) is 12.1. The molecule has 0 spiro atoms. The minimum absolute atomic E-state index is 0.00866. The van der Waals surface area contributed by atoms with Gasteiger partial charge in [-0.25, -0.2) is 4.79 Å². The van der Waals surface area contributed by atoms with Crippen molar-refractivity contribution >= 4 is 56.8 Å². The highest BCUT2D eigenvalue weighted by atomic mass is 33.1. The molecule has 1 aliphatic rings. The number of aromatic hydroxyl groups is 3. The number of nitrogens with one attached hydrogen (secondary N) is 2. The van der Waals surface area contributed by atoms with Crippen LogP contribution in [-0.2, 0) is 16.1 Å². The average Bonchev–Trinajstić information content (AvgIpc) is 3.44. The fraction of sp³-hybridized carbons (Fsp3) is 0.435. The maximum absolute atomic E-state index is 12.4. The van der Waals surface area contributed by atoms with Crippen molar-refractivity contribution in [3.05, 3.63) is 29.8 Å². The number of carbonyl (C=O) groups is 3. The zero-order valence-corrected chi connectivity index (χ0v) is 21.9. The van der Waals surface area contributed by atoms with Crippen LogP contribution in [0.4, 0.5) is 5.69 Å². The lowest BCUT2D eigenvalue weighted by Crippen LogP contribution is -2.25. The van der Waals surface area contributed by atoms with Gasteiger partial charge in [0.25, 0.3) is 0 Å². The van der Waals surface area contributed by atoms with Crippen LogP contribution in [0.3, 0.4) is 0 Å². The van der Waals surface area contributed by atoms with Gasteiger partial charge in [0.15, 0.2) is 5.88 Å². The van der Waals surface area contributed by atoms with Crippen molar-refractivity contribution in [2.24, 2.45) is 0 Å². The van der Waals surface area contributed by atoms with E-state index in [4.69, 9.17) is 5.11 Å². The van der Waals surface area contributed by atoms with E-state index in [1.807, 2.05) is 21.6 Å². The Morgan fingerprint density at radius 2 is 1.92 bits per heavy atom. The number of anilines is 1. The number of carboxylic acid groups (broad SMARTS) is 1. The van der Waals surface area contributed by atoms with Crippen molar-refractivity contribution in [1.82, 2.24) is 9.88 Å². The number of rotatable bonds is 13. The van der Waals surface area contributed by atoms with Gasteiger partial charge in [-0.05, 0) is 37.5 Å². The Morgan fingerprint density at radius 1 is 1.11 bits per heavy atom. The van der Waals surface area contributed by atoms with E-state index in [1.54, 1.807) is 0 Å². The molecule has 36 heavy (non-hydrogen) atoms. The number of hydrogen-bond donors (Lipinski definition) is 6. The number of unbranched alkanes of at least 4 members (excludes halogenated alkanes) is 1. The molecule has 3 rings (SSSR count). The summed E-state index contributed by atoms with van der Waals surface area (Å²) in [6.45, 7) is -0.0203. The summed E-state index contributed by atoms with van der Waals surface area (Å²) >= 11 is 1.23. The van der Waals surface area contributed by atoms with Crippen molar-refractivity contribution in [3.63, 3.8) is 0 Å². The number of hydrogen-bond acceptors (Lipinski definition) is 9. The molecule has 0 bridgehead atoms. The van der Waals surface area contributed by atoms with Crippen LogP contribution in [0.25, 0.3) is 0 Å². The SMILES string of the molecule is O=C(CCCCC1CCSS1)NCCSc1cc(O)n(CC(=O)Nc2ccc(O)c(C(=O)O)c2)c1O. The summed E-state index contributed by atoms with van der Waals surface area (Å²) in [5.41, 5.74) is -0.226. The van der Waals surface area contributed by atoms with Crippen LogP contribution in [0.15, 0.2) is 29.2 Å². The first-order valence-corrected chi connectivity index (χ1v) is 14.8. The van der Waals surface area contributed by atoms with Gasteiger partial charge in [-0.2, -0.15) is 0 Å². The van der Waals surface area contributed by atoms with E-state index in [2.05, 4.69) is 10.6 Å². The maximum atomic E-state index is 12.4. The standard InChI is InChI=1S/C23H29N3O7S3/c27-17-6-5-14(11-16(17)23(32)33)25-20(29)13-26-21(30)12-18(22(26)31)34-10-8-24-19(28)4-2-1-3-15-7-9-35-36-15/h5-6,11-12,15,27,30-31H,1-4,7-10,13H2,(H,24,28)(H,25,29)(H,32,33). The van der Waals surface area contributed by atoms with E-state index in [-0.39, 0.29) is 28.9 Å². The molecule has 0 radical (unpaired) electrons. The third kappa shape index (κ3) is 8.20. The van der Waals surface area contributed by atoms with Crippen LogP contribution in [-0.4, -0.2) is 66.1 Å². The molecular formula is C23H29N3O7S3. The minimum atomic E-state index is -1.35. The number of carboxylic acids is 1.